The lowest BCUT2D eigenvalue weighted by molar-refractivity contribution is 0.0875. The van der Waals surface area contributed by atoms with Crippen molar-refractivity contribution in [1.82, 2.24) is 4.90 Å². The van der Waals surface area contributed by atoms with E-state index >= 15 is 0 Å². The highest BCUT2D eigenvalue weighted by molar-refractivity contribution is 4.89. The van der Waals surface area contributed by atoms with Gasteiger partial charge in [-0.2, -0.15) is 0 Å². The Morgan fingerprint density at radius 2 is 0.946 bits per heavy atom. The Morgan fingerprint density at radius 1 is 0.536 bits per heavy atom. The Kier molecular flexibility index (Phi) is 51.6. The molecule has 4 nitrogen and oxygen atoms in total. The van der Waals surface area contributed by atoms with Crippen molar-refractivity contribution in [3.8, 4) is 0 Å². The molecule has 0 saturated carbocycles. The van der Waals surface area contributed by atoms with Gasteiger partial charge in [-0.15, -0.1) is 0 Å². The summed E-state index contributed by atoms with van der Waals surface area (Å²) >= 11 is 0. The van der Waals surface area contributed by atoms with E-state index in [-0.39, 0.29) is 16.3 Å². The summed E-state index contributed by atoms with van der Waals surface area (Å²) in [6.45, 7) is 22.8. The SMILES string of the molecule is C.C.C=C=C(CCCCCCCN(CCCN)CCCCCCCCC(C)COCCC(CCCCC)CCCCC)OCCC(CCCCC)CCCCC.[HH]. The molecule has 2 N–H and O–H groups in total. The van der Waals surface area contributed by atoms with Crippen molar-refractivity contribution in [1.29, 1.82) is 0 Å². The van der Waals surface area contributed by atoms with Crippen molar-refractivity contribution in [2.24, 2.45) is 23.5 Å². The van der Waals surface area contributed by atoms with Gasteiger partial charge in [-0.05, 0) is 88.9 Å². The van der Waals surface area contributed by atoms with Gasteiger partial charge < -0.3 is 20.1 Å². The van der Waals surface area contributed by atoms with Gasteiger partial charge in [0.25, 0.3) is 0 Å². The molecule has 0 saturated heterocycles. The van der Waals surface area contributed by atoms with E-state index < -0.39 is 0 Å². The minimum Gasteiger partial charge on any atom is -0.490 e. The number of nitrogens with two attached hydrogens (primary N) is 1. The summed E-state index contributed by atoms with van der Waals surface area (Å²) in [5, 5.41) is 0. The minimum atomic E-state index is 0. The molecule has 340 valence electrons. The normalized spacial score (nSPS) is 11.9. The molecular weight excluding hydrogens is 685 g/mol. The lowest BCUT2D eigenvalue weighted by Crippen LogP contribution is -2.28. The Morgan fingerprint density at radius 3 is 1.41 bits per heavy atom. The van der Waals surface area contributed by atoms with Crippen LogP contribution < -0.4 is 5.73 Å². The Labute approximate surface area is 357 Å². The number of unbranched alkanes of at least 4 members (excludes halogenated alkanes) is 17. The molecule has 4 heteroatoms. The summed E-state index contributed by atoms with van der Waals surface area (Å²) in [6, 6.07) is 0. The maximum atomic E-state index is 6.18. The Bertz CT molecular complexity index is 768. The van der Waals surface area contributed by atoms with Crippen molar-refractivity contribution >= 4 is 0 Å². The first kappa shape index (κ1) is 59.5. The molecule has 0 amide bonds. The zero-order valence-electron chi connectivity index (χ0n) is 37.9. The molecule has 0 aliphatic heterocycles. The Balaban J connectivity index is -0.00000468. The minimum absolute atomic E-state index is 0. The number of allylic oxidation sites excluding steroid dienone is 1. The van der Waals surface area contributed by atoms with E-state index in [1.807, 2.05) is 0 Å². The summed E-state index contributed by atoms with van der Waals surface area (Å²) in [5.41, 5.74) is 9.00. The first-order valence-corrected chi connectivity index (χ1v) is 24.6. The van der Waals surface area contributed by atoms with Crippen LogP contribution in [0, 0.1) is 17.8 Å². The smallest absolute Gasteiger partial charge is 0.137 e. The van der Waals surface area contributed by atoms with Gasteiger partial charge in [-0.3, -0.25) is 0 Å². The molecular formula is C52H110N2O2. The number of rotatable bonds is 45. The lowest BCUT2D eigenvalue weighted by Gasteiger charge is -2.22. The van der Waals surface area contributed by atoms with E-state index in [1.54, 1.807) is 0 Å². The van der Waals surface area contributed by atoms with E-state index in [1.165, 1.54) is 206 Å². The fourth-order valence-electron chi connectivity index (χ4n) is 8.11. The molecule has 0 aromatic heterocycles. The molecule has 0 aliphatic carbocycles. The topological polar surface area (TPSA) is 47.7 Å². The number of ether oxygens (including phenoxy) is 2. The van der Waals surface area contributed by atoms with Crippen LogP contribution in [0.25, 0.3) is 0 Å². The largest absolute Gasteiger partial charge is 0.490 e. The van der Waals surface area contributed by atoms with Crippen LogP contribution in [0.1, 0.15) is 256 Å². The van der Waals surface area contributed by atoms with E-state index in [2.05, 4.69) is 51.8 Å². The molecule has 0 bridgehead atoms. The van der Waals surface area contributed by atoms with Gasteiger partial charge >= 0.3 is 0 Å². The van der Waals surface area contributed by atoms with E-state index in [4.69, 9.17) is 15.2 Å². The predicted molar refractivity (Wildman–Crippen MR) is 257 cm³/mol. The van der Waals surface area contributed by atoms with E-state index in [0.29, 0.717) is 5.92 Å². The zero-order valence-corrected chi connectivity index (χ0v) is 37.9. The fraction of sp³-hybridized carbons (Fsp3) is 0.942. The first-order chi connectivity index (χ1) is 26.5. The third-order valence-corrected chi connectivity index (χ3v) is 11.9. The Hall–Kier alpha value is -0.800. The molecule has 0 rings (SSSR count). The predicted octanol–water partition coefficient (Wildman–Crippen LogP) is 16.9. The van der Waals surface area contributed by atoms with Gasteiger partial charge in [0.2, 0.25) is 0 Å². The molecule has 1 unspecified atom stereocenters. The first-order valence-electron chi connectivity index (χ1n) is 24.6. The van der Waals surface area contributed by atoms with Crippen LogP contribution in [0.5, 0.6) is 0 Å². The third kappa shape index (κ3) is 41.4. The van der Waals surface area contributed by atoms with Crippen LogP contribution in [0.15, 0.2) is 18.1 Å². The average Bonchev–Trinajstić information content (AvgIpc) is 3.17. The van der Waals surface area contributed by atoms with Crippen LogP contribution in [0.4, 0.5) is 0 Å². The molecule has 0 spiro atoms. The van der Waals surface area contributed by atoms with Crippen LogP contribution in [0.2, 0.25) is 0 Å². The summed E-state index contributed by atoms with van der Waals surface area (Å²) in [6.07, 6.45) is 42.4. The zero-order chi connectivity index (χ0) is 39.6. The quantitative estimate of drug-likeness (QED) is 0.0379. The second kappa shape index (κ2) is 48.6. The summed E-state index contributed by atoms with van der Waals surface area (Å²) in [7, 11) is 0. The van der Waals surface area contributed by atoms with Crippen LogP contribution in [-0.4, -0.2) is 50.9 Å². The van der Waals surface area contributed by atoms with Crippen LogP contribution in [0.3, 0.4) is 0 Å². The van der Waals surface area contributed by atoms with Gasteiger partial charge in [-0.25, -0.2) is 0 Å². The molecule has 0 aromatic rings. The van der Waals surface area contributed by atoms with Crippen molar-refractivity contribution in [2.75, 3.05) is 46.0 Å². The number of nitrogens with zero attached hydrogens (tertiary/aromatic N) is 1. The van der Waals surface area contributed by atoms with Crippen molar-refractivity contribution < 1.29 is 10.9 Å². The molecule has 0 aromatic carbocycles. The maximum absolute atomic E-state index is 6.18. The van der Waals surface area contributed by atoms with Gasteiger partial charge in [0.15, 0.2) is 0 Å². The second-order valence-corrected chi connectivity index (χ2v) is 17.3. The molecule has 56 heavy (non-hydrogen) atoms. The summed E-state index contributed by atoms with van der Waals surface area (Å²) < 4.78 is 12.4. The molecule has 0 aliphatic rings. The highest BCUT2D eigenvalue weighted by Gasteiger charge is 2.11. The maximum Gasteiger partial charge on any atom is 0.137 e. The van der Waals surface area contributed by atoms with Gasteiger partial charge in [0.05, 0.1) is 6.61 Å². The van der Waals surface area contributed by atoms with Crippen molar-refractivity contribution in [3.63, 3.8) is 0 Å². The highest BCUT2D eigenvalue weighted by Crippen LogP contribution is 2.23. The van der Waals surface area contributed by atoms with Crippen molar-refractivity contribution in [2.45, 2.75) is 255 Å². The van der Waals surface area contributed by atoms with E-state index in [9.17, 15) is 0 Å². The van der Waals surface area contributed by atoms with Gasteiger partial charge in [0, 0.05) is 21.1 Å². The summed E-state index contributed by atoms with van der Waals surface area (Å²) in [4.78, 5) is 2.69. The second-order valence-electron chi connectivity index (χ2n) is 17.3. The van der Waals surface area contributed by atoms with Crippen LogP contribution in [-0.2, 0) is 9.47 Å². The molecule has 0 radical (unpaired) electrons. The number of hydrogen-bond donors (Lipinski definition) is 1. The molecule has 0 fully saturated rings. The fourth-order valence-corrected chi connectivity index (χ4v) is 8.11. The average molecular weight is 795 g/mol. The van der Waals surface area contributed by atoms with Crippen LogP contribution >= 0.6 is 0 Å². The third-order valence-electron chi connectivity index (χ3n) is 11.9. The number of hydrogen-bond acceptors (Lipinski definition) is 4. The molecule has 0 heterocycles. The lowest BCUT2D eigenvalue weighted by atomic mass is 9.92. The van der Waals surface area contributed by atoms with Crippen molar-refractivity contribution in [3.05, 3.63) is 18.1 Å². The van der Waals surface area contributed by atoms with Gasteiger partial charge in [0.1, 0.15) is 5.76 Å². The van der Waals surface area contributed by atoms with E-state index in [0.717, 1.165) is 63.3 Å². The highest BCUT2D eigenvalue weighted by atomic mass is 16.5. The van der Waals surface area contributed by atoms with Gasteiger partial charge in [-0.1, -0.05) is 216 Å². The summed E-state index contributed by atoms with van der Waals surface area (Å²) in [5.74, 6) is 3.40. The molecule has 1 atom stereocenters. The standard InChI is InChI=1S/C50H100N2O2.2CH4.H2/c1-7-12-23-33-48(34-24-13-8-2)38-44-53-46-47(6)32-27-19-16-17-21-29-41-52(43-31-40-51)42-30-22-18-20-28-37-50(11-5)54-45-39-49(35-25-14-9-3)36-26-15-10-4;;;/h47-49H,5,7-10,12-46,51H2,1-4,6H3;2*1H4;1H. The monoisotopic (exact) mass is 795 g/mol.